The first-order valence-corrected chi connectivity index (χ1v) is 7.03. The molecule has 0 spiro atoms. The van der Waals surface area contributed by atoms with E-state index >= 15 is 0 Å². The van der Waals surface area contributed by atoms with Crippen LogP contribution in [0.1, 0.15) is 27.9 Å². The Kier molecular flexibility index (Phi) is 4.59. The lowest BCUT2D eigenvalue weighted by atomic mass is 10.2. The minimum absolute atomic E-state index is 0.0856. The first-order chi connectivity index (χ1) is 9.99. The highest BCUT2D eigenvalue weighted by Gasteiger charge is 2.17. The summed E-state index contributed by atoms with van der Waals surface area (Å²) in [6.07, 6.45) is 0.704. The molecule has 2 heterocycles. The van der Waals surface area contributed by atoms with Crippen LogP contribution in [0.15, 0.2) is 16.7 Å². The van der Waals surface area contributed by atoms with Crippen molar-refractivity contribution in [1.29, 1.82) is 0 Å². The summed E-state index contributed by atoms with van der Waals surface area (Å²) in [6.45, 7) is 3.35. The molecule has 2 rings (SSSR count). The number of aromatic carboxylic acids is 1. The zero-order valence-electron chi connectivity index (χ0n) is 11.5. The van der Waals surface area contributed by atoms with Gasteiger partial charge in [-0.2, -0.15) is 0 Å². The molecular formula is C13H14N2O5S. The fourth-order valence-electron chi connectivity index (χ4n) is 1.58. The van der Waals surface area contributed by atoms with Crippen LogP contribution in [0.3, 0.4) is 0 Å². The smallest absolute Gasteiger partial charge is 0.338 e. The molecule has 0 aliphatic carbocycles. The molecule has 1 amide bonds. The maximum atomic E-state index is 11.8. The fraction of sp³-hybridized carbons (Fsp3) is 0.308. The quantitative estimate of drug-likeness (QED) is 0.849. The topological polar surface area (TPSA) is 102 Å². The first kappa shape index (κ1) is 15.0. The van der Waals surface area contributed by atoms with Gasteiger partial charge < -0.3 is 19.7 Å². The number of nitrogens with one attached hydrogen (secondary N) is 1. The van der Waals surface area contributed by atoms with E-state index in [0.717, 1.165) is 4.88 Å². The van der Waals surface area contributed by atoms with Gasteiger partial charge >= 0.3 is 5.97 Å². The van der Waals surface area contributed by atoms with Gasteiger partial charge in [-0.25, -0.2) is 4.79 Å². The molecule has 8 heteroatoms. The lowest BCUT2D eigenvalue weighted by molar-refractivity contribution is -0.118. The third kappa shape index (κ3) is 3.82. The average molecular weight is 310 g/mol. The second kappa shape index (κ2) is 6.40. The van der Waals surface area contributed by atoms with Crippen LogP contribution >= 0.6 is 11.3 Å². The van der Waals surface area contributed by atoms with Crippen molar-refractivity contribution in [2.24, 2.45) is 0 Å². The van der Waals surface area contributed by atoms with E-state index in [1.54, 1.807) is 19.1 Å². The van der Waals surface area contributed by atoms with Gasteiger partial charge in [0.05, 0.1) is 5.56 Å². The lowest BCUT2D eigenvalue weighted by Gasteiger charge is -2.04. The number of anilines is 1. The molecule has 0 aliphatic rings. The van der Waals surface area contributed by atoms with Crippen LogP contribution in [-0.2, 0) is 11.2 Å². The van der Waals surface area contributed by atoms with Crippen LogP contribution in [0.25, 0.3) is 0 Å². The monoisotopic (exact) mass is 310 g/mol. The van der Waals surface area contributed by atoms with Crippen molar-refractivity contribution in [2.45, 2.75) is 20.3 Å². The minimum atomic E-state index is -1.07. The second-order valence-electron chi connectivity index (χ2n) is 4.23. The summed E-state index contributed by atoms with van der Waals surface area (Å²) in [4.78, 5) is 23.8. The average Bonchev–Trinajstić information content (AvgIpc) is 3.02. The molecule has 0 bridgehead atoms. The maximum Gasteiger partial charge on any atom is 0.338 e. The zero-order chi connectivity index (χ0) is 15.4. The molecule has 0 unspecified atom stereocenters. The summed E-state index contributed by atoms with van der Waals surface area (Å²) in [5.41, 5.74) is 0.0856. The number of ether oxygens (including phenoxy) is 1. The number of hydrogen-bond donors (Lipinski definition) is 2. The number of hydrogen-bond acceptors (Lipinski definition) is 6. The van der Waals surface area contributed by atoms with E-state index in [0.29, 0.717) is 17.2 Å². The fourth-order valence-corrected chi connectivity index (χ4v) is 2.59. The van der Waals surface area contributed by atoms with E-state index in [2.05, 4.69) is 10.5 Å². The standard InChI is InChI=1S/C13H14N2O5S/c1-3-8-5-9(13(17)18)12(21-8)14-10(16)6-19-11-4-7(2)20-15-11/h4-5H,3,6H2,1-2H3,(H,14,16)(H,17,18). The van der Waals surface area contributed by atoms with Crippen LogP contribution in [0.2, 0.25) is 0 Å². The largest absolute Gasteiger partial charge is 0.478 e. The number of rotatable bonds is 6. The summed E-state index contributed by atoms with van der Waals surface area (Å²) < 4.78 is 9.94. The van der Waals surface area contributed by atoms with E-state index < -0.39 is 11.9 Å². The molecule has 0 aromatic carbocycles. The molecule has 0 saturated heterocycles. The van der Waals surface area contributed by atoms with Crippen molar-refractivity contribution in [3.05, 3.63) is 28.3 Å². The normalized spacial score (nSPS) is 10.4. The molecule has 0 radical (unpaired) electrons. The molecule has 2 aromatic rings. The van der Waals surface area contributed by atoms with Gasteiger partial charge in [-0.3, -0.25) is 4.79 Å². The third-order valence-corrected chi connectivity index (χ3v) is 3.77. The Hall–Kier alpha value is -2.35. The van der Waals surface area contributed by atoms with Gasteiger partial charge in [0.1, 0.15) is 10.8 Å². The van der Waals surface area contributed by atoms with Crippen molar-refractivity contribution >= 4 is 28.2 Å². The van der Waals surface area contributed by atoms with Crippen molar-refractivity contribution in [3.8, 4) is 5.88 Å². The Bertz CT molecular complexity index is 661. The van der Waals surface area contributed by atoms with Gasteiger partial charge in [-0.1, -0.05) is 6.92 Å². The van der Waals surface area contributed by atoms with Crippen molar-refractivity contribution < 1.29 is 24.0 Å². The molecule has 0 fully saturated rings. The predicted molar refractivity (Wildman–Crippen MR) is 76.0 cm³/mol. The highest BCUT2D eigenvalue weighted by molar-refractivity contribution is 7.16. The Morgan fingerprint density at radius 1 is 1.48 bits per heavy atom. The van der Waals surface area contributed by atoms with Crippen molar-refractivity contribution in [1.82, 2.24) is 5.16 Å². The molecule has 0 atom stereocenters. The van der Waals surface area contributed by atoms with Gasteiger partial charge in [-0.05, 0) is 24.6 Å². The van der Waals surface area contributed by atoms with E-state index in [-0.39, 0.29) is 18.1 Å². The second-order valence-corrected chi connectivity index (χ2v) is 5.36. The maximum absolute atomic E-state index is 11.8. The number of carbonyl (C=O) groups is 2. The highest BCUT2D eigenvalue weighted by Crippen LogP contribution is 2.28. The van der Waals surface area contributed by atoms with E-state index in [1.807, 2.05) is 6.92 Å². The molecular weight excluding hydrogens is 296 g/mol. The van der Waals surface area contributed by atoms with Gasteiger partial charge in [-0.15, -0.1) is 11.3 Å². The molecule has 2 aromatic heterocycles. The first-order valence-electron chi connectivity index (χ1n) is 6.21. The highest BCUT2D eigenvalue weighted by atomic mass is 32.1. The molecule has 0 aliphatic heterocycles. The third-order valence-electron chi connectivity index (χ3n) is 2.57. The summed E-state index contributed by atoms with van der Waals surface area (Å²) in [7, 11) is 0. The SMILES string of the molecule is CCc1cc(C(=O)O)c(NC(=O)COc2cc(C)on2)s1. The number of carboxylic acids is 1. The van der Waals surface area contributed by atoms with E-state index in [1.165, 1.54) is 11.3 Å². The number of carboxylic acid groups (broad SMARTS) is 1. The van der Waals surface area contributed by atoms with Gasteiger partial charge in [0.25, 0.3) is 11.8 Å². The van der Waals surface area contributed by atoms with Crippen LogP contribution in [-0.4, -0.2) is 28.7 Å². The van der Waals surface area contributed by atoms with Crippen LogP contribution in [0.5, 0.6) is 5.88 Å². The van der Waals surface area contributed by atoms with Crippen LogP contribution in [0, 0.1) is 6.92 Å². The number of aromatic nitrogens is 1. The predicted octanol–water partition coefficient (Wildman–Crippen LogP) is 2.32. The summed E-state index contributed by atoms with van der Waals surface area (Å²) >= 11 is 1.24. The summed E-state index contributed by atoms with van der Waals surface area (Å²) in [6, 6.07) is 3.11. The van der Waals surface area contributed by atoms with Gasteiger partial charge in [0.2, 0.25) is 0 Å². The molecule has 7 nitrogen and oxygen atoms in total. The van der Waals surface area contributed by atoms with Gasteiger partial charge in [0, 0.05) is 10.9 Å². The lowest BCUT2D eigenvalue weighted by Crippen LogP contribution is -2.20. The van der Waals surface area contributed by atoms with Crippen molar-refractivity contribution in [3.63, 3.8) is 0 Å². The van der Waals surface area contributed by atoms with Crippen LogP contribution in [0.4, 0.5) is 5.00 Å². The molecule has 21 heavy (non-hydrogen) atoms. The van der Waals surface area contributed by atoms with E-state index in [4.69, 9.17) is 14.4 Å². The Balaban J connectivity index is 1.99. The number of amides is 1. The molecule has 0 saturated carbocycles. The van der Waals surface area contributed by atoms with E-state index in [9.17, 15) is 9.59 Å². The minimum Gasteiger partial charge on any atom is -0.478 e. The number of nitrogens with zero attached hydrogens (tertiary/aromatic N) is 1. The molecule has 112 valence electrons. The number of aryl methyl sites for hydroxylation is 2. The zero-order valence-corrected chi connectivity index (χ0v) is 12.3. The molecule has 2 N–H and O–H groups in total. The van der Waals surface area contributed by atoms with Gasteiger partial charge in [0.15, 0.2) is 6.61 Å². The Labute approximate surface area is 124 Å². The van der Waals surface area contributed by atoms with Crippen LogP contribution < -0.4 is 10.1 Å². The van der Waals surface area contributed by atoms with Crippen molar-refractivity contribution in [2.75, 3.05) is 11.9 Å². The summed E-state index contributed by atoms with van der Waals surface area (Å²) in [5.74, 6) is -0.747. The summed E-state index contributed by atoms with van der Waals surface area (Å²) in [5, 5.41) is 15.5. The Morgan fingerprint density at radius 3 is 2.81 bits per heavy atom. The number of thiophene rings is 1. The Morgan fingerprint density at radius 2 is 2.24 bits per heavy atom. The number of carbonyl (C=O) groups excluding carboxylic acids is 1.